The number of halogens is 3. The summed E-state index contributed by atoms with van der Waals surface area (Å²) < 4.78 is 31.2. The summed E-state index contributed by atoms with van der Waals surface area (Å²) in [4.78, 5) is 4.43. The standard InChI is InChI=1S/C16H23F2N3O.HI/c1-2-19-16(21-12-5-3-4-6-12)20-9-10-22-13-7-8-14(17)15(18)11-13;/h7-8,11-12H,2-6,9-10H2,1H3,(H2,19,20,21);1H. The number of rotatable bonds is 6. The molecule has 0 bridgehead atoms. The molecule has 0 unspecified atom stereocenters. The molecule has 0 spiro atoms. The van der Waals surface area contributed by atoms with E-state index in [1.165, 1.54) is 31.7 Å². The molecule has 130 valence electrons. The van der Waals surface area contributed by atoms with Crippen LogP contribution < -0.4 is 15.4 Å². The van der Waals surface area contributed by atoms with Crippen molar-refractivity contribution >= 4 is 29.9 Å². The maximum absolute atomic E-state index is 13.0. The van der Waals surface area contributed by atoms with Crippen LogP contribution in [0.25, 0.3) is 0 Å². The lowest BCUT2D eigenvalue weighted by Crippen LogP contribution is -2.42. The zero-order valence-electron chi connectivity index (χ0n) is 13.3. The molecule has 0 saturated heterocycles. The molecule has 1 aliphatic rings. The van der Waals surface area contributed by atoms with Gasteiger partial charge in [0.05, 0.1) is 6.54 Å². The number of nitrogens with zero attached hydrogens (tertiary/aromatic N) is 1. The van der Waals surface area contributed by atoms with Gasteiger partial charge in [-0.15, -0.1) is 24.0 Å². The topological polar surface area (TPSA) is 45.7 Å². The smallest absolute Gasteiger partial charge is 0.191 e. The number of nitrogens with one attached hydrogen (secondary N) is 2. The third-order valence-electron chi connectivity index (χ3n) is 3.56. The summed E-state index contributed by atoms with van der Waals surface area (Å²) in [7, 11) is 0. The van der Waals surface area contributed by atoms with Crippen molar-refractivity contribution < 1.29 is 13.5 Å². The molecule has 2 N–H and O–H groups in total. The second kappa shape index (κ2) is 10.6. The largest absolute Gasteiger partial charge is 0.492 e. The van der Waals surface area contributed by atoms with Crippen LogP contribution >= 0.6 is 24.0 Å². The highest BCUT2D eigenvalue weighted by molar-refractivity contribution is 14.0. The predicted molar refractivity (Wildman–Crippen MR) is 98.6 cm³/mol. The van der Waals surface area contributed by atoms with Crippen LogP contribution in [0.2, 0.25) is 0 Å². The predicted octanol–water partition coefficient (Wildman–Crippen LogP) is 3.46. The van der Waals surface area contributed by atoms with Crippen LogP contribution in [-0.4, -0.2) is 31.7 Å². The Bertz CT molecular complexity index is 508. The Hall–Kier alpha value is -1.12. The van der Waals surface area contributed by atoms with Crippen LogP contribution in [0.4, 0.5) is 8.78 Å². The minimum Gasteiger partial charge on any atom is -0.492 e. The van der Waals surface area contributed by atoms with Gasteiger partial charge in [-0.2, -0.15) is 0 Å². The minimum absolute atomic E-state index is 0. The van der Waals surface area contributed by atoms with E-state index in [2.05, 4.69) is 15.6 Å². The molecule has 1 aliphatic carbocycles. The molecule has 4 nitrogen and oxygen atoms in total. The first-order chi connectivity index (χ1) is 10.7. The maximum atomic E-state index is 13.0. The quantitative estimate of drug-likeness (QED) is 0.309. The SMILES string of the molecule is CCNC(=NCCOc1ccc(F)c(F)c1)NC1CCCC1.I. The fourth-order valence-corrected chi connectivity index (χ4v) is 2.47. The second-order valence-corrected chi connectivity index (χ2v) is 5.31. The molecule has 0 aliphatic heterocycles. The van der Waals surface area contributed by atoms with Gasteiger partial charge in [0.25, 0.3) is 0 Å². The van der Waals surface area contributed by atoms with Gasteiger partial charge in [0.1, 0.15) is 12.4 Å². The van der Waals surface area contributed by atoms with E-state index < -0.39 is 11.6 Å². The fraction of sp³-hybridized carbons (Fsp3) is 0.562. The lowest BCUT2D eigenvalue weighted by Gasteiger charge is -2.16. The van der Waals surface area contributed by atoms with Gasteiger partial charge >= 0.3 is 0 Å². The number of benzene rings is 1. The van der Waals surface area contributed by atoms with E-state index in [0.717, 1.165) is 24.6 Å². The molecular weight excluding hydrogens is 415 g/mol. The van der Waals surface area contributed by atoms with Crippen LogP contribution in [-0.2, 0) is 0 Å². The van der Waals surface area contributed by atoms with E-state index in [4.69, 9.17) is 4.74 Å². The Balaban J connectivity index is 0.00000264. The van der Waals surface area contributed by atoms with Crippen molar-refractivity contribution in [1.82, 2.24) is 10.6 Å². The van der Waals surface area contributed by atoms with Gasteiger partial charge in [-0.05, 0) is 31.9 Å². The van der Waals surface area contributed by atoms with Crippen LogP contribution in [0.3, 0.4) is 0 Å². The molecule has 1 fully saturated rings. The highest BCUT2D eigenvalue weighted by Crippen LogP contribution is 2.17. The molecule has 0 radical (unpaired) electrons. The summed E-state index contributed by atoms with van der Waals surface area (Å²) in [6.45, 7) is 3.57. The lowest BCUT2D eigenvalue weighted by atomic mass is 10.2. The summed E-state index contributed by atoms with van der Waals surface area (Å²) in [5, 5.41) is 6.60. The highest BCUT2D eigenvalue weighted by atomic mass is 127. The summed E-state index contributed by atoms with van der Waals surface area (Å²) in [6, 6.07) is 4.00. The Morgan fingerprint density at radius 2 is 2.00 bits per heavy atom. The zero-order chi connectivity index (χ0) is 15.8. The third kappa shape index (κ3) is 6.88. The van der Waals surface area contributed by atoms with E-state index >= 15 is 0 Å². The summed E-state index contributed by atoms with van der Waals surface area (Å²) in [5.74, 6) is -0.691. The van der Waals surface area contributed by atoms with Crippen molar-refractivity contribution in [3.63, 3.8) is 0 Å². The molecule has 1 saturated carbocycles. The zero-order valence-corrected chi connectivity index (χ0v) is 15.6. The molecule has 1 aromatic rings. The normalized spacial score (nSPS) is 15.2. The van der Waals surface area contributed by atoms with Crippen molar-refractivity contribution in [3.8, 4) is 5.75 Å². The van der Waals surface area contributed by atoms with Gasteiger partial charge in [-0.3, -0.25) is 0 Å². The lowest BCUT2D eigenvalue weighted by molar-refractivity contribution is 0.325. The van der Waals surface area contributed by atoms with Crippen molar-refractivity contribution in [2.24, 2.45) is 4.99 Å². The number of ether oxygens (including phenoxy) is 1. The summed E-state index contributed by atoms with van der Waals surface area (Å²) in [5.41, 5.74) is 0. The van der Waals surface area contributed by atoms with Crippen molar-refractivity contribution in [1.29, 1.82) is 0 Å². The maximum Gasteiger partial charge on any atom is 0.191 e. The average Bonchev–Trinajstić information content (AvgIpc) is 3.00. The molecule has 0 amide bonds. The van der Waals surface area contributed by atoms with Gasteiger partial charge in [0.15, 0.2) is 17.6 Å². The van der Waals surface area contributed by atoms with Gasteiger partial charge in [0.2, 0.25) is 0 Å². The molecule has 2 rings (SSSR count). The first-order valence-corrected chi connectivity index (χ1v) is 7.81. The summed E-state index contributed by atoms with van der Waals surface area (Å²) >= 11 is 0. The van der Waals surface area contributed by atoms with Gasteiger partial charge in [-0.25, -0.2) is 13.8 Å². The Kier molecular flexibility index (Phi) is 9.20. The molecule has 0 heterocycles. The third-order valence-corrected chi connectivity index (χ3v) is 3.56. The average molecular weight is 439 g/mol. The van der Waals surface area contributed by atoms with E-state index in [1.54, 1.807) is 0 Å². The van der Waals surface area contributed by atoms with E-state index in [-0.39, 0.29) is 24.0 Å². The number of hydrogen-bond acceptors (Lipinski definition) is 2. The van der Waals surface area contributed by atoms with Gasteiger partial charge in [-0.1, -0.05) is 12.8 Å². The Morgan fingerprint density at radius 1 is 1.26 bits per heavy atom. The second-order valence-electron chi connectivity index (χ2n) is 5.31. The van der Waals surface area contributed by atoms with E-state index in [9.17, 15) is 8.78 Å². The Morgan fingerprint density at radius 3 is 2.65 bits per heavy atom. The molecule has 1 aromatic carbocycles. The monoisotopic (exact) mass is 439 g/mol. The molecule has 23 heavy (non-hydrogen) atoms. The van der Waals surface area contributed by atoms with Crippen molar-refractivity contribution in [2.75, 3.05) is 19.7 Å². The van der Waals surface area contributed by atoms with E-state index in [0.29, 0.717) is 24.9 Å². The van der Waals surface area contributed by atoms with Gasteiger partial charge in [0, 0.05) is 18.7 Å². The number of hydrogen-bond donors (Lipinski definition) is 2. The molecule has 7 heteroatoms. The van der Waals surface area contributed by atoms with Crippen LogP contribution in [0.15, 0.2) is 23.2 Å². The first kappa shape index (κ1) is 19.9. The van der Waals surface area contributed by atoms with Gasteiger partial charge < -0.3 is 15.4 Å². The van der Waals surface area contributed by atoms with Crippen LogP contribution in [0.1, 0.15) is 32.6 Å². The number of aliphatic imine (C=N–C) groups is 1. The van der Waals surface area contributed by atoms with Crippen LogP contribution in [0.5, 0.6) is 5.75 Å². The molecule has 0 aromatic heterocycles. The summed E-state index contributed by atoms with van der Waals surface area (Å²) in [6.07, 6.45) is 4.87. The van der Waals surface area contributed by atoms with Crippen LogP contribution in [0, 0.1) is 11.6 Å². The molecular formula is C16H24F2IN3O. The van der Waals surface area contributed by atoms with E-state index in [1.807, 2.05) is 6.92 Å². The fourth-order valence-electron chi connectivity index (χ4n) is 2.47. The first-order valence-electron chi connectivity index (χ1n) is 7.81. The Labute approximate surface area is 153 Å². The van der Waals surface area contributed by atoms with Crippen molar-refractivity contribution in [3.05, 3.63) is 29.8 Å². The minimum atomic E-state index is -0.905. The highest BCUT2D eigenvalue weighted by Gasteiger charge is 2.15. The van der Waals surface area contributed by atoms with Crippen molar-refractivity contribution in [2.45, 2.75) is 38.6 Å². The molecule has 0 atom stereocenters. The number of guanidine groups is 1.